The first-order valence-corrected chi connectivity index (χ1v) is 6.64. The van der Waals surface area contributed by atoms with Crippen LogP contribution in [-0.4, -0.2) is 40.2 Å². The summed E-state index contributed by atoms with van der Waals surface area (Å²) in [7, 11) is 0. The Labute approximate surface area is 140 Å². The van der Waals surface area contributed by atoms with E-state index in [9.17, 15) is 39.6 Å². The zero-order valence-electron chi connectivity index (χ0n) is 12.4. The highest BCUT2D eigenvalue weighted by atomic mass is 16.6. The fourth-order valence-corrected chi connectivity index (χ4v) is 1.76. The van der Waals surface area contributed by atoms with E-state index in [0.717, 1.165) is 18.2 Å². The van der Waals surface area contributed by atoms with Gasteiger partial charge in [-0.2, -0.15) is 0 Å². The topological polar surface area (TPSA) is 187 Å². The molecule has 0 aliphatic carbocycles. The number of aromatic hydroxyl groups is 2. The van der Waals surface area contributed by atoms with Gasteiger partial charge < -0.3 is 44.7 Å². The smallest absolute Gasteiger partial charge is 0.331 e. The van der Waals surface area contributed by atoms with Crippen molar-refractivity contribution in [2.75, 3.05) is 0 Å². The van der Waals surface area contributed by atoms with Gasteiger partial charge in [-0.3, -0.25) is 0 Å². The third-order valence-corrected chi connectivity index (χ3v) is 2.94. The number of benzene rings is 1. The number of carboxylic acid groups (broad SMARTS) is 3. The van der Waals surface area contributed by atoms with Crippen LogP contribution in [0.2, 0.25) is 0 Å². The molecule has 25 heavy (non-hydrogen) atoms. The third kappa shape index (κ3) is 5.86. The minimum absolute atomic E-state index is 0.225. The summed E-state index contributed by atoms with van der Waals surface area (Å²) in [6.45, 7) is 0. The Morgan fingerprint density at radius 2 is 1.68 bits per heavy atom. The van der Waals surface area contributed by atoms with E-state index in [1.54, 1.807) is 0 Å². The Balaban J connectivity index is 2.89. The summed E-state index contributed by atoms with van der Waals surface area (Å²) in [5.74, 6) is -10.5. The Bertz CT molecular complexity index is 721. The van der Waals surface area contributed by atoms with E-state index in [2.05, 4.69) is 4.74 Å². The number of hydrogen-bond donors (Lipinski definition) is 2. The minimum atomic E-state index is -2.41. The number of hydrogen-bond acceptors (Lipinski definition) is 10. The van der Waals surface area contributed by atoms with Crippen LogP contribution in [-0.2, 0) is 23.9 Å². The molecule has 10 nitrogen and oxygen atoms in total. The highest BCUT2D eigenvalue weighted by Crippen LogP contribution is 2.25. The normalized spacial score (nSPS) is 13.1. The van der Waals surface area contributed by atoms with Crippen molar-refractivity contribution < 1.29 is 49.4 Å². The first-order chi connectivity index (χ1) is 11.6. The molecule has 0 bridgehead atoms. The number of phenolic OH excluding ortho intramolecular Hbond substituents is 2. The van der Waals surface area contributed by atoms with Gasteiger partial charge in [-0.15, -0.1) is 0 Å². The number of rotatable bonds is 8. The van der Waals surface area contributed by atoms with E-state index >= 15 is 0 Å². The van der Waals surface area contributed by atoms with Gasteiger partial charge in [-0.25, -0.2) is 4.79 Å². The molecule has 0 saturated carbocycles. The molecule has 2 N–H and O–H groups in total. The van der Waals surface area contributed by atoms with Crippen molar-refractivity contribution in [1.29, 1.82) is 0 Å². The van der Waals surface area contributed by atoms with Gasteiger partial charge in [0.15, 0.2) is 11.5 Å². The van der Waals surface area contributed by atoms with Crippen molar-refractivity contribution in [3.05, 3.63) is 29.8 Å². The van der Waals surface area contributed by atoms with Gasteiger partial charge in [0.1, 0.15) is 6.10 Å². The van der Waals surface area contributed by atoms with Crippen LogP contribution >= 0.6 is 0 Å². The average Bonchev–Trinajstić information content (AvgIpc) is 2.51. The highest BCUT2D eigenvalue weighted by Gasteiger charge is 2.27. The van der Waals surface area contributed by atoms with Gasteiger partial charge in [0.05, 0.1) is 5.97 Å². The number of phenols is 2. The quantitative estimate of drug-likeness (QED) is 0.268. The molecule has 0 aliphatic heterocycles. The lowest BCUT2D eigenvalue weighted by Crippen LogP contribution is -2.51. The van der Waals surface area contributed by atoms with E-state index in [0.29, 0.717) is 6.08 Å². The summed E-state index contributed by atoms with van der Waals surface area (Å²) in [4.78, 5) is 43.9. The lowest BCUT2D eigenvalue weighted by atomic mass is 9.98. The third-order valence-electron chi connectivity index (χ3n) is 2.94. The molecular weight excluding hydrogens is 340 g/mol. The first kappa shape index (κ1) is 19.5. The molecule has 0 radical (unpaired) electrons. The van der Waals surface area contributed by atoms with Gasteiger partial charge in [-0.05, 0) is 30.2 Å². The molecule has 10 heteroatoms. The molecular formula is C15H11O10-3. The molecule has 1 rings (SSSR count). The number of carbonyl (C=O) groups is 4. The van der Waals surface area contributed by atoms with Crippen LogP contribution in [0.3, 0.4) is 0 Å². The lowest BCUT2D eigenvalue weighted by molar-refractivity contribution is -0.334. The van der Waals surface area contributed by atoms with E-state index < -0.39 is 53.8 Å². The standard InChI is InChI=1S/C15H14O10/c16-9-3-1-7(5-10(9)17)2-4-12(20)25-13(15(23)24)8(14(21)22)6-11(18)19/h1-5,8,13,16-17H,6H2,(H,18,19)(H,21,22)(H,23,24)/p-3/b4-2-. The number of aliphatic carboxylic acids is 3. The second-order valence-corrected chi connectivity index (χ2v) is 4.76. The molecule has 1 aromatic rings. The van der Waals surface area contributed by atoms with Crippen LogP contribution in [0.5, 0.6) is 11.5 Å². The Kier molecular flexibility index (Phi) is 6.50. The molecule has 0 aliphatic rings. The van der Waals surface area contributed by atoms with Gasteiger partial charge in [0, 0.05) is 23.9 Å². The van der Waals surface area contributed by atoms with Crippen LogP contribution in [0.15, 0.2) is 24.3 Å². The monoisotopic (exact) mass is 351 g/mol. The zero-order chi connectivity index (χ0) is 19.1. The fraction of sp³-hybridized carbons (Fsp3) is 0.200. The van der Waals surface area contributed by atoms with Crippen molar-refractivity contribution in [3.63, 3.8) is 0 Å². The van der Waals surface area contributed by atoms with Crippen LogP contribution in [0.4, 0.5) is 0 Å². The molecule has 0 saturated heterocycles. The van der Waals surface area contributed by atoms with Crippen LogP contribution in [0, 0.1) is 5.92 Å². The minimum Gasteiger partial charge on any atom is -0.550 e. The van der Waals surface area contributed by atoms with E-state index in [1.165, 1.54) is 6.07 Å². The maximum absolute atomic E-state index is 11.6. The largest absolute Gasteiger partial charge is 0.550 e. The molecule has 1 aromatic carbocycles. The average molecular weight is 351 g/mol. The summed E-state index contributed by atoms with van der Waals surface area (Å²) in [5, 5.41) is 50.7. The summed E-state index contributed by atoms with van der Waals surface area (Å²) in [6.07, 6.45) is -1.90. The maximum atomic E-state index is 11.6. The predicted molar refractivity (Wildman–Crippen MR) is 71.8 cm³/mol. The number of ether oxygens (including phenoxy) is 1. The summed E-state index contributed by atoms with van der Waals surface area (Å²) >= 11 is 0. The van der Waals surface area contributed by atoms with Gasteiger partial charge in [-0.1, -0.05) is 6.07 Å². The zero-order valence-corrected chi connectivity index (χ0v) is 12.4. The molecule has 0 heterocycles. The predicted octanol–water partition coefficient (Wildman–Crippen LogP) is -3.72. The molecule has 0 aromatic heterocycles. The Morgan fingerprint density at radius 1 is 1.04 bits per heavy atom. The SMILES string of the molecule is O=C([O-])CC(C(=O)[O-])C(OC(=O)/C=C\c1ccc(O)c(O)c1)C(=O)[O-]. The van der Waals surface area contributed by atoms with Crippen LogP contribution in [0.1, 0.15) is 12.0 Å². The van der Waals surface area contributed by atoms with Crippen LogP contribution in [0.25, 0.3) is 6.08 Å². The number of esters is 1. The van der Waals surface area contributed by atoms with Crippen molar-refractivity contribution in [2.45, 2.75) is 12.5 Å². The molecule has 134 valence electrons. The van der Waals surface area contributed by atoms with E-state index in [-0.39, 0.29) is 5.56 Å². The van der Waals surface area contributed by atoms with E-state index in [1.807, 2.05) is 0 Å². The lowest BCUT2D eigenvalue weighted by Gasteiger charge is -2.28. The molecule has 2 atom stereocenters. The summed E-state index contributed by atoms with van der Waals surface area (Å²) < 4.78 is 4.40. The molecule has 0 amide bonds. The summed E-state index contributed by atoms with van der Waals surface area (Å²) in [6, 6.07) is 3.50. The highest BCUT2D eigenvalue weighted by molar-refractivity contribution is 5.90. The Hall–Kier alpha value is -3.56. The second-order valence-electron chi connectivity index (χ2n) is 4.76. The fourth-order valence-electron chi connectivity index (χ4n) is 1.76. The van der Waals surface area contributed by atoms with Crippen LogP contribution < -0.4 is 15.3 Å². The molecule has 2 unspecified atom stereocenters. The van der Waals surface area contributed by atoms with E-state index in [4.69, 9.17) is 5.11 Å². The Morgan fingerprint density at radius 3 is 2.16 bits per heavy atom. The number of carbonyl (C=O) groups excluding carboxylic acids is 4. The van der Waals surface area contributed by atoms with Gasteiger partial charge in [0.2, 0.25) is 0 Å². The first-order valence-electron chi connectivity index (χ1n) is 6.64. The summed E-state index contributed by atoms with van der Waals surface area (Å²) in [5.41, 5.74) is 0.225. The van der Waals surface area contributed by atoms with Gasteiger partial charge in [0.25, 0.3) is 0 Å². The second kappa shape index (κ2) is 8.34. The van der Waals surface area contributed by atoms with Crippen molar-refractivity contribution >= 4 is 30.0 Å². The van der Waals surface area contributed by atoms with Crippen molar-refractivity contribution in [2.24, 2.45) is 5.92 Å². The molecule has 0 spiro atoms. The number of carboxylic acids is 3. The maximum Gasteiger partial charge on any atom is 0.331 e. The van der Waals surface area contributed by atoms with Gasteiger partial charge >= 0.3 is 5.97 Å². The van der Waals surface area contributed by atoms with Crippen molar-refractivity contribution in [1.82, 2.24) is 0 Å². The molecule has 0 fully saturated rings. The van der Waals surface area contributed by atoms with Crippen molar-refractivity contribution in [3.8, 4) is 11.5 Å².